The van der Waals surface area contributed by atoms with Gasteiger partial charge >= 0.3 is 0 Å². The molecular formula is C29H33N7O. The molecule has 1 amide bonds. The predicted molar refractivity (Wildman–Crippen MR) is 147 cm³/mol. The summed E-state index contributed by atoms with van der Waals surface area (Å²) in [7, 11) is 4.11. The highest BCUT2D eigenvalue weighted by molar-refractivity contribution is 5.98. The van der Waals surface area contributed by atoms with Crippen LogP contribution in [0.1, 0.15) is 46.6 Å². The number of carbonyl (C=O) groups is 1. The topological polar surface area (TPSA) is 86.3 Å². The van der Waals surface area contributed by atoms with Gasteiger partial charge in [-0.25, -0.2) is 4.98 Å². The summed E-state index contributed by atoms with van der Waals surface area (Å²) in [5.41, 5.74) is 4.55. The van der Waals surface area contributed by atoms with Crippen LogP contribution in [-0.2, 0) is 13.1 Å². The van der Waals surface area contributed by atoms with Gasteiger partial charge in [-0.2, -0.15) is 4.98 Å². The number of amides is 1. The molecule has 4 aromatic rings. The van der Waals surface area contributed by atoms with E-state index in [0.29, 0.717) is 43.6 Å². The van der Waals surface area contributed by atoms with Crippen LogP contribution in [0.15, 0.2) is 66.9 Å². The lowest BCUT2D eigenvalue weighted by Gasteiger charge is -2.25. The van der Waals surface area contributed by atoms with Gasteiger partial charge in [0.05, 0.1) is 18.1 Å². The van der Waals surface area contributed by atoms with E-state index in [1.165, 1.54) is 5.56 Å². The molecule has 0 bridgehead atoms. The molecule has 0 aliphatic carbocycles. The Hall–Kier alpha value is -4.04. The summed E-state index contributed by atoms with van der Waals surface area (Å²) in [6.45, 7) is 4.45. The largest absolute Gasteiger partial charge is 0.365 e. The van der Waals surface area contributed by atoms with Crippen LogP contribution in [-0.4, -0.2) is 57.8 Å². The Labute approximate surface area is 217 Å². The van der Waals surface area contributed by atoms with Crippen LogP contribution in [0.2, 0.25) is 0 Å². The van der Waals surface area contributed by atoms with E-state index in [1.807, 2.05) is 47.5 Å². The predicted octanol–water partition coefficient (Wildman–Crippen LogP) is 4.72. The van der Waals surface area contributed by atoms with Crippen LogP contribution >= 0.6 is 0 Å². The summed E-state index contributed by atoms with van der Waals surface area (Å²) in [4.78, 5) is 31.2. The maximum atomic E-state index is 13.1. The van der Waals surface area contributed by atoms with Gasteiger partial charge in [0.15, 0.2) is 0 Å². The highest BCUT2D eigenvalue weighted by atomic mass is 16.2. The fraction of sp³-hybridized carbons (Fsp3) is 0.310. The van der Waals surface area contributed by atoms with Gasteiger partial charge in [-0.15, -0.1) is 0 Å². The number of hydrogen-bond donors (Lipinski definition) is 2. The molecule has 0 spiro atoms. The average molecular weight is 496 g/mol. The second kappa shape index (κ2) is 10.9. The number of hydrogen-bond acceptors (Lipinski definition) is 7. The molecule has 2 aromatic carbocycles. The van der Waals surface area contributed by atoms with Crippen LogP contribution in [0.25, 0.3) is 10.9 Å². The van der Waals surface area contributed by atoms with Gasteiger partial charge in [0.2, 0.25) is 5.95 Å². The number of carbonyl (C=O) groups excluding carboxylic acids is 1. The number of benzene rings is 2. The zero-order chi connectivity index (χ0) is 25.8. The van der Waals surface area contributed by atoms with Crippen molar-refractivity contribution >= 4 is 28.6 Å². The molecule has 2 N–H and O–H groups in total. The minimum atomic E-state index is -0.0371. The lowest BCUT2D eigenvalue weighted by atomic mass is 10.1. The number of rotatable bonds is 10. The molecule has 8 nitrogen and oxygen atoms in total. The molecule has 1 atom stereocenters. The monoisotopic (exact) mass is 495 g/mol. The summed E-state index contributed by atoms with van der Waals surface area (Å²) in [6.07, 6.45) is 2.78. The Bertz CT molecular complexity index is 1390. The van der Waals surface area contributed by atoms with Crippen LogP contribution in [0.5, 0.6) is 0 Å². The van der Waals surface area contributed by atoms with E-state index in [9.17, 15) is 4.79 Å². The quantitative estimate of drug-likeness (QED) is 0.329. The molecule has 1 unspecified atom stereocenters. The molecule has 8 heteroatoms. The molecule has 2 aromatic heterocycles. The summed E-state index contributed by atoms with van der Waals surface area (Å²) < 4.78 is 0. The smallest absolute Gasteiger partial charge is 0.273 e. The third-order valence-electron chi connectivity index (χ3n) is 6.71. The standard InChI is InChI=1S/C29H33N7O/c1-4-14-36-19-23-26(28(36)37)33-29(32-18-25(35(2)3)21-10-6-5-7-11-21)34-27(23)31-17-20-15-22-12-8-9-13-24(22)30-16-20/h5-13,15-16,25H,4,14,17-19H2,1-3H3,(H2,31,32,33,34). The third-order valence-corrected chi connectivity index (χ3v) is 6.71. The summed E-state index contributed by atoms with van der Waals surface area (Å²) in [5.74, 6) is 1.10. The molecule has 37 heavy (non-hydrogen) atoms. The first-order valence-corrected chi connectivity index (χ1v) is 12.8. The number of para-hydroxylation sites is 1. The zero-order valence-electron chi connectivity index (χ0n) is 21.6. The first kappa shape index (κ1) is 24.6. The Balaban J connectivity index is 1.40. The molecule has 0 radical (unpaired) electrons. The number of anilines is 2. The Morgan fingerprint density at radius 2 is 1.81 bits per heavy atom. The van der Waals surface area contributed by atoms with E-state index in [-0.39, 0.29) is 11.9 Å². The molecule has 0 saturated carbocycles. The number of nitrogens with one attached hydrogen (secondary N) is 2. The molecule has 5 rings (SSSR count). The number of fused-ring (bicyclic) bond motifs is 2. The summed E-state index contributed by atoms with van der Waals surface area (Å²) >= 11 is 0. The van der Waals surface area contributed by atoms with Gasteiger partial charge in [0, 0.05) is 36.8 Å². The SMILES string of the molecule is CCCN1Cc2c(NCc3cnc4ccccc4c3)nc(NCC(c3ccccc3)N(C)C)nc2C1=O. The number of aromatic nitrogens is 3. The number of pyridine rings is 1. The van der Waals surface area contributed by atoms with E-state index < -0.39 is 0 Å². The van der Waals surface area contributed by atoms with Crippen molar-refractivity contribution in [1.82, 2.24) is 24.8 Å². The van der Waals surface area contributed by atoms with Crippen molar-refractivity contribution in [2.45, 2.75) is 32.5 Å². The average Bonchev–Trinajstić information content (AvgIpc) is 3.23. The van der Waals surface area contributed by atoms with Gasteiger partial charge in [-0.05, 0) is 43.8 Å². The van der Waals surface area contributed by atoms with Gasteiger partial charge < -0.3 is 20.4 Å². The van der Waals surface area contributed by atoms with Gasteiger partial charge in [-0.3, -0.25) is 9.78 Å². The first-order valence-electron chi connectivity index (χ1n) is 12.8. The molecular weight excluding hydrogens is 462 g/mol. The Morgan fingerprint density at radius 3 is 2.59 bits per heavy atom. The first-order chi connectivity index (χ1) is 18.0. The molecule has 1 aliphatic rings. The molecule has 0 saturated heterocycles. The van der Waals surface area contributed by atoms with E-state index in [0.717, 1.165) is 28.5 Å². The highest BCUT2D eigenvalue weighted by Gasteiger charge is 2.32. The molecule has 0 fully saturated rings. The van der Waals surface area contributed by atoms with Crippen LogP contribution < -0.4 is 10.6 Å². The second-order valence-electron chi connectivity index (χ2n) is 9.61. The van der Waals surface area contributed by atoms with Crippen LogP contribution in [0.4, 0.5) is 11.8 Å². The Kier molecular flexibility index (Phi) is 7.28. The Morgan fingerprint density at radius 1 is 1.03 bits per heavy atom. The molecule has 190 valence electrons. The normalized spacial score (nSPS) is 13.7. The van der Waals surface area contributed by atoms with Crippen molar-refractivity contribution in [3.63, 3.8) is 0 Å². The van der Waals surface area contributed by atoms with Crippen molar-refractivity contribution < 1.29 is 4.79 Å². The number of likely N-dealkylation sites (N-methyl/N-ethyl adjacent to an activating group) is 1. The highest BCUT2D eigenvalue weighted by Crippen LogP contribution is 2.29. The van der Waals surface area contributed by atoms with Crippen molar-refractivity contribution in [3.05, 3.63) is 89.2 Å². The number of nitrogens with zero attached hydrogens (tertiary/aromatic N) is 5. The van der Waals surface area contributed by atoms with Crippen molar-refractivity contribution in [2.75, 3.05) is 37.8 Å². The van der Waals surface area contributed by atoms with Crippen molar-refractivity contribution in [3.8, 4) is 0 Å². The van der Waals surface area contributed by atoms with Crippen LogP contribution in [0, 0.1) is 0 Å². The molecule has 3 heterocycles. The maximum Gasteiger partial charge on any atom is 0.273 e. The van der Waals surface area contributed by atoms with Crippen molar-refractivity contribution in [1.29, 1.82) is 0 Å². The summed E-state index contributed by atoms with van der Waals surface area (Å²) in [6, 6.07) is 20.7. The van der Waals surface area contributed by atoms with E-state index in [4.69, 9.17) is 4.98 Å². The van der Waals surface area contributed by atoms with Gasteiger partial charge in [-0.1, -0.05) is 55.5 Å². The zero-order valence-corrected chi connectivity index (χ0v) is 21.6. The van der Waals surface area contributed by atoms with Gasteiger partial charge in [0.1, 0.15) is 11.5 Å². The van der Waals surface area contributed by atoms with E-state index in [1.54, 1.807) is 0 Å². The lowest BCUT2D eigenvalue weighted by molar-refractivity contribution is 0.0774. The van der Waals surface area contributed by atoms with E-state index >= 15 is 0 Å². The van der Waals surface area contributed by atoms with Crippen molar-refractivity contribution in [2.24, 2.45) is 0 Å². The lowest BCUT2D eigenvalue weighted by Crippen LogP contribution is -2.27. The fourth-order valence-electron chi connectivity index (χ4n) is 4.76. The molecule has 1 aliphatic heterocycles. The minimum Gasteiger partial charge on any atom is -0.365 e. The van der Waals surface area contributed by atoms with Gasteiger partial charge in [0.25, 0.3) is 5.91 Å². The fourth-order valence-corrected chi connectivity index (χ4v) is 4.76. The second-order valence-corrected chi connectivity index (χ2v) is 9.61. The van der Waals surface area contributed by atoms with Crippen LogP contribution in [0.3, 0.4) is 0 Å². The maximum absolute atomic E-state index is 13.1. The van der Waals surface area contributed by atoms with E-state index in [2.05, 4.69) is 70.8 Å². The summed E-state index contributed by atoms with van der Waals surface area (Å²) in [5, 5.41) is 7.96. The third kappa shape index (κ3) is 5.39. The minimum absolute atomic E-state index is 0.0371.